The van der Waals surface area contributed by atoms with E-state index in [-0.39, 0.29) is 28.4 Å². The zero-order valence-electron chi connectivity index (χ0n) is 20.2. The highest BCUT2D eigenvalue weighted by Crippen LogP contribution is 2.38. The minimum atomic E-state index is -4.68. The SMILES string of the molecule is CCN1CCC(n2c(O)c(C(Cc3ccc(Cl)cc3C(F)(F)F)=c3ccc4c(c3)C=NN=4)sc2=O)C(F)C1. The molecular formula is C26H23ClF4N4O2S. The van der Waals surface area contributed by atoms with Crippen molar-refractivity contribution in [2.24, 2.45) is 10.2 Å². The van der Waals surface area contributed by atoms with Crippen LogP contribution >= 0.6 is 22.9 Å². The summed E-state index contributed by atoms with van der Waals surface area (Å²) in [6.45, 7) is 3.27. The summed E-state index contributed by atoms with van der Waals surface area (Å²) in [4.78, 5) is 14.5. The molecule has 12 heteroatoms. The summed E-state index contributed by atoms with van der Waals surface area (Å²) in [5.74, 6) is -0.450. The Morgan fingerprint density at radius 2 is 2.03 bits per heavy atom. The molecule has 0 amide bonds. The first-order chi connectivity index (χ1) is 18.1. The molecule has 0 spiro atoms. The van der Waals surface area contributed by atoms with Crippen LogP contribution in [0, 0.1) is 0 Å². The molecule has 2 aliphatic rings. The third-order valence-electron chi connectivity index (χ3n) is 6.94. The number of rotatable bonds is 5. The highest BCUT2D eigenvalue weighted by molar-refractivity contribution is 7.10. The second-order valence-corrected chi connectivity index (χ2v) is 10.6. The number of aromatic hydroxyl groups is 1. The number of piperidine rings is 1. The molecule has 1 aromatic heterocycles. The average molecular weight is 567 g/mol. The van der Waals surface area contributed by atoms with Gasteiger partial charge in [0.25, 0.3) is 0 Å². The standard InChI is InChI=1S/C26H23ClF4N4O2S/c1-2-34-8-7-22(20(28)13-34)35-24(36)23(38-25(35)37)18(14-4-6-21-16(9-14)12-32-33-21)10-15-3-5-17(27)11-19(15)26(29,30)31/h3-6,9,11-12,20,22,36H,2,7-8,10,13H2,1H3. The lowest BCUT2D eigenvalue weighted by Gasteiger charge is -2.34. The number of benzene rings is 2. The lowest BCUT2D eigenvalue weighted by atomic mass is 9.96. The summed E-state index contributed by atoms with van der Waals surface area (Å²) in [6, 6.07) is 7.64. The highest BCUT2D eigenvalue weighted by Gasteiger charge is 2.36. The maximum Gasteiger partial charge on any atom is 0.416 e. The zero-order chi connectivity index (χ0) is 27.2. The van der Waals surface area contributed by atoms with Crippen LogP contribution in [0.3, 0.4) is 0 Å². The van der Waals surface area contributed by atoms with Crippen molar-refractivity contribution in [3.63, 3.8) is 0 Å². The summed E-state index contributed by atoms with van der Waals surface area (Å²) >= 11 is 6.56. The highest BCUT2D eigenvalue weighted by atomic mass is 35.5. The molecule has 2 atom stereocenters. The van der Waals surface area contributed by atoms with Gasteiger partial charge < -0.3 is 10.0 Å². The maximum absolute atomic E-state index is 15.1. The van der Waals surface area contributed by atoms with E-state index in [1.165, 1.54) is 18.3 Å². The van der Waals surface area contributed by atoms with Gasteiger partial charge in [-0.05, 0) is 53.6 Å². The van der Waals surface area contributed by atoms with E-state index in [4.69, 9.17) is 11.6 Å². The van der Waals surface area contributed by atoms with Crippen molar-refractivity contribution >= 4 is 34.7 Å². The molecule has 1 saturated heterocycles. The molecule has 3 heterocycles. The molecule has 5 rings (SSSR count). The molecule has 2 aromatic carbocycles. The van der Waals surface area contributed by atoms with Gasteiger partial charge in [0.1, 0.15) is 6.17 Å². The molecule has 38 heavy (non-hydrogen) atoms. The van der Waals surface area contributed by atoms with Gasteiger partial charge in [0.15, 0.2) is 0 Å². The van der Waals surface area contributed by atoms with Gasteiger partial charge in [-0.2, -0.15) is 23.4 Å². The topological polar surface area (TPSA) is 70.2 Å². The first-order valence-corrected chi connectivity index (χ1v) is 13.2. The predicted molar refractivity (Wildman–Crippen MR) is 138 cm³/mol. The van der Waals surface area contributed by atoms with Crippen LogP contribution < -0.4 is 15.4 Å². The molecule has 3 aromatic rings. The van der Waals surface area contributed by atoms with Crippen molar-refractivity contribution in [3.05, 3.63) is 83.2 Å². The summed E-state index contributed by atoms with van der Waals surface area (Å²) in [7, 11) is 0. The van der Waals surface area contributed by atoms with Crippen molar-refractivity contribution in [1.82, 2.24) is 9.47 Å². The molecule has 2 unspecified atom stereocenters. The van der Waals surface area contributed by atoms with Crippen molar-refractivity contribution < 1.29 is 22.7 Å². The average Bonchev–Trinajstić information content (AvgIpc) is 3.46. The van der Waals surface area contributed by atoms with E-state index in [2.05, 4.69) is 10.2 Å². The number of thiazole rings is 1. The minimum absolute atomic E-state index is 0.0657. The largest absolute Gasteiger partial charge is 0.493 e. The first-order valence-electron chi connectivity index (χ1n) is 12.0. The number of halogens is 5. The second kappa shape index (κ2) is 10.3. The van der Waals surface area contributed by atoms with Gasteiger partial charge >= 0.3 is 11.0 Å². The second-order valence-electron chi connectivity index (χ2n) is 9.23. The Labute approximate surface area is 223 Å². The quantitative estimate of drug-likeness (QED) is 0.468. The molecule has 0 bridgehead atoms. The van der Waals surface area contributed by atoms with Crippen molar-refractivity contribution in [2.45, 2.75) is 38.2 Å². The van der Waals surface area contributed by atoms with E-state index in [9.17, 15) is 23.1 Å². The van der Waals surface area contributed by atoms with E-state index >= 15 is 4.39 Å². The van der Waals surface area contributed by atoms with Crippen LogP contribution in [0.2, 0.25) is 5.02 Å². The fraction of sp³-hybridized carbons (Fsp3) is 0.346. The third-order valence-corrected chi connectivity index (χ3v) is 8.18. The van der Waals surface area contributed by atoms with Gasteiger partial charge in [0.05, 0.1) is 28.1 Å². The molecule has 0 radical (unpaired) electrons. The zero-order valence-corrected chi connectivity index (χ0v) is 21.7. The van der Waals surface area contributed by atoms with Gasteiger partial charge in [-0.3, -0.25) is 9.36 Å². The Bertz CT molecular complexity index is 1600. The summed E-state index contributed by atoms with van der Waals surface area (Å²) in [6.07, 6.45) is -4.49. The Morgan fingerprint density at radius 1 is 1.24 bits per heavy atom. The summed E-state index contributed by atoms with van der Waals surface area (Å²) in [5, 5.41) is 20.1. The number of alkyl halides is 4. The Balaban J connectivity index is 1.68. The van der Waals surface area contributed by atoms with Crippen LogP contribution in [0.4, 0.5) is 17.6 Å². The maximum atomic E-state index is 15.1. The molecule has 0 saturated carbocycles. The van der Waals surface area contributed by atoms with Crippen LogP contribution in [0.5, 0.6) is 5.88 Å². The fourth-order valence-electron chi connectivity index (χ4n) is 4.96. The normalized spacial score (nSPS) is 20.4. The smallest absolute Gasteiger partial charge is 0.416 e. The molecular weight excluding hydrogens is 544 g/mol. The van der Waals surface area contributed by atoms with E-state index in [1.54, 1.807) is 18.2 Å². The van der Waals surface area contributed by atoms with Gasteiger partial charge in [0, 0.05) is 30.1 Å². The van der Waals surface area contributed by atoms with Crippen LogP contribution in [0.15, 0.2) is 51.4 Å². The molecule has 0 aliphatic carbocycles. The van der Waals surface area contributed by atoms with E-state index in [0.717, 1.165) is 10.6 Å². The van der Waals surface area contributed by atoms with E-state index in [1.807, 2.05) is 11.8 Å². The molecule has 200 valence electrons. The van der Waals surface area contributed by atoms with Gasteiger partial charge in [-0.25, -0.2) is 4.39 Å². The van der Waals surface area contributed by atoms with E-state index < -0.39 is 34.7 Å². The van der Waals surface area contributed by atoms with Gasteiger partial charge in [-0.15, -0.1) is 0 Å². The van der Waals surface area contributed by atoms with Crippen LogP contribution in [-0.4, -0.2) is 46.6 Å². The summed E-state index contributed by atoms with van der Waals surface area (Å²) < 4.78 is 57.9. The Hall–Kier alpha value is -3.02. The molecule has 2 aliphatic heterocycles. The van der Waals surface area contributed by atoms with Crippen molar-refractivity contribution in [1.29, 1.82) is 0 Å². The Morgan fingerprint density at radius 3 is 2.74 bits per heavy atom. The van der Waals surface area contributed by atoms with Crippen molar-refractivity contribution in [3.8, 4) is 5.88 Å². The fourth-order valence-corrected chi connectivity index (χ4v) is 6.13. The van der Waals surface area contributed by atoms with E-state index in [0.29, 0.717) is 52.6 Å². The lowest BCUT2D eigenvalue weighted by Crippen LogP contribution is -2.44. The lowest BCUT2D eigenvalue weighted by molar-refractivity contribution is -0.138. The third kappa shape index (κ3) is 5.02. The monoisotopic (exact) mass is 566 g/mol. The first kappa shape index (κ1) is 26.6. The minimum Gasteiger partial charge on any atom is -0.493 e. The van der Waals surface area contributed by atoms with Crippen LogP contribution in [0.1, 0.15) is 41.0 Å². The van der Waals surface area contributed by atoms with Crippen LogP contribution in [0.25, 0.3) is 5.57 Å². The number of nitrogens with zero attached hydrogens (tertiary/aromatic N) is 4. The van der Waals surface area contributed by atoms with Gasteiger partial charge in [-0.1, -0.05) is 42.0 Å². The number of hydrogen-bond acceptors (Lipinski definition) is 6. The molecule has 1 N–H and O–H groups in total. The molecule has 1 fully saturated rings. The number of aromatic nitrogens is 1. The number of hydrogen-bond donors (Lipinski definition) is 1. The van der Waals surface area contributed by atoms with Crippen molar-refractivity contribution in [2.75, 3.05) is 19.6 Å². The Kier molecular flexibility index (Phi) is 7.19. The number of likely N-dealkylation sites (tertiary alicyclic amines) is 1. The predicted octanol–water partition coefficient (Wildman–Crippen LogP) is 4.30. The summed E-state index contributed by atoms with van der Waals surface area (Å²) in [5.41, 5.74) is -0.0562. The van der Waals surface area contributed by atoms with Crippen LogP contribution in [-0.2, 0) is 12.6 Å². The number of fused-ring (bicyclic) bond motifs is 1. The molecule has 6 nitrogen and oxygen atoms in total. The van der Waals surface area contributed by atoms with Gasteiger partial charge in [0.2, 0.25) is 5.88 Å².